The average molecular weight is 313 g/mol. The minimum Gasteiger partial charge on any atom is -0.377 e. The molecule has 2 fully saturated rings. The molecule has 2 aromatic rings. The van der Waals surface area contributed by atoms with Gasteiger partial charge in [-0.05, 0) is 18.1 Å². The highest BCUT2D eigenvalue weighted by molar-refractivity contribution is 5.23. The molecule has 2 saturated heterocycles. The average Bonchev–Trinajstić information content (AvgIpc) is 3.30. The fraction of sp³-hybridized carbons (Fsp3) is 0.500. The van der Waals surface area contributed by atoms with E-state index in [2.05, 4.69) is 45.4 Å². The third-order valence-corrected chi connectivity index (χ3v) is 5.17. The van der Waals surface area contributed by atoms with Crippen LogP contribution in [-0.2, 0) is 16.0 Å². The van der Waals surface area contributed by atoms with Gasteiger partial charge in [0.2, 0.25) is 0 Å². The molecular weight excluding hydrogens is 290 g/mol. The van der Waals surface area contributed by atoms with Gasteiger partial charge in [-0.15, -0.1) is 0 Å². The fourth-order valence-corrected chi connectivity index (χ4v) is 4.04. The molecule has 2 aliphatic rings. The largest absolute Gasteiger partial charge is 0.377 e. The number of hydrogen-bond acceptors (Lipinski definition) is 4. The molecule has 2 aliphatic heterocycles. The summed E-state index contributed by atoms with van der Waals surface area (Å²) in [5.41, 5.74) is 2.32. The van der Waals surface area contributed by atoms with Crippen molar-refractivity contribution in [1.29, 1.82) is 0 Å². The maximum Gasteiger partial charge on any atom is 0.109 e. The number of methoxy groups -OCH3 is 1. The van der Waals surface area contributed by atoms with Crippen molar-refractivity contribution >= 4 is 0 Å². The van der Waals surface area contributed by atoms with Gasteiger partial charge in [-0.1, -0.05) is 30.3 Å². The Hall–Kier alpha value is -1.69. The third-order valence-electron chi connectivity index (χ3n) is 5.17. The van der Waals surface area contributed by atoms with Crippen molar-refractivity contribution in [1.82, 2.24) is 15.1 Å². The van der Waals surface area contributed by atoms with Crippen LogP contribution in [-0.4, -0.2) is 53.6 Å². The van der Waals surface area contributed by atoms with Crippen molar-refractivity contribution in [3.8, 4) is 0 Å². The smallest absolute Gasteiger partial charge is 0.109 e. The number of nitrogens with one attached hydrogen (secondary N) is 1. The molecule has 1 aromatic heterocycles. The Kier molecular flexibility index (Phi) is 3.93. The van der Waals surface area contributed by atoms with Crippen molar-refractivity contribution in [2.45, 2.75) is 30.6 Å². The topological polar surface area (TPSA) is 50.4 Å². The number of likely N-dealkylation sites (tertiary alicyclic amines) is 1. The number of nitrogens with zero attached hydrogens (tertiary/aromatic N) is 2. The molecule has 122 valence electrons. The van der Waals surface area contributed by atoms with Crippen LogP contribution in [0.15, 0.2) is 42.6 Å². The number of benzene rings is 1. The van der Waals surface area contributed by atoms with Crippen molar-refractivity contribution in [2.75, 3.05) is 26.8 Å². The molecule has 0 unspecified atom stereocenters. The van der Waals surface area contributed by atoms with Gasteiger partial charge in [0.15, 0.2) is 0 Å². The Bertz CT molecular complexity index is 631. The Morgan fingerprint density at radius 1 is 1.35 bits per heavy atom. The Morgan fingerprint density at radius 2 is 2.22 bits per heavy atom. The zero-order valence-electron chi connectivity index (χ0n) is 13.4. The zero-order chi connectivity index (χ0) is 15.7. The second kappa shape index (κ2) is 6.07. The van der Waals surface area contributed by atoms with Crippen molar-refractivity contribution in [3.63, 3.8) is 0 Å². The van der Waals surface area contributed by atoms with Crippen molar-refractivity contribution < 1.29 is 9.47 Å². The van der Waals surface area contributed by atoms with Gasteiger partial charge in [0.25, 0.3) is 0 Å². The minimum atomic E-state index is -0.185. The van der Waals surface area contributed by atoms with Crippen LogP contribution in [0.2, 0.25) is 0 Å². The number of rotatable bonds is 4. The predicted octanol–water partition coefficient (Wildman–Crippen LogP) is 2.18. The summed E-state index contributed by atoms with van der Waals surface area (Å²) >= 11 is 0. The van der Waals surface area contributed by atoms with Gasteiger partial charge in [0.1, 0.15) is 5.60 Å². The first-order valence-corrected chi connectivity index (χ1v) is 8.21. The lowest BCUT2D eigenvalue weighted by Gasteiger charge is -2.28. The molecule has 0 radical (unpaired) electrons. The third kappa shape index (κ3) is 2.80. The first-order valence-electron chi connectivity index (χ1n) is 8.21. The van der Waals surface area contributed by atoms with E-state index in [1.165, 1.54) is 5.56 Å². The van der Waals surface area contributed by atoms with Crippen LogP contribution < -0.4 is 0 Å². The lowest BCUT2D eigenvalue weighted by molar-refractivity contribution is -0.0757. The summed E-state index contributed by atoms with van der Waals surface area (Å²) < 4.78 is 12.1. The van der Waals surface area contributed by atoms with Crippen LogP contribution >= 0.6 is 0 Å². The summed E-state index contributed by atoms with van der Waals surface area (Å²) in [7, 11) is 1.80. The van der Waals surface area contributed by atoms with Gasteiger partial charge in [-0.25, -0.2) is 0 Å². The molecule has 3 heterocycles. The van der Waals surface area contributed by atoms with Crippen LogP contribution in [0.5, 0.6) is 0 Å². The standard InChI is InChI=1S/C18H23N3O2/c1-22-17-11-21(10-16-7-8-19-20-16)13-18(17)9-15(12-23-18)14-5-3-2-4-6-14/h2-8,15,17H,9-13H2,1H3,(H,19,20)/t15-,17+,18+/m0/s1. The molecule has 1 N–H and O–H groups in total. The van der Waals surface area contributed by atoms with Crippen molar-refractivity contribution in [2.24, 2.45) is 0 Å². The highest BCUT2D eigenvalue weighted by atomic mass is 16.6. The van der Waals surface area contributed by atoms with E-state index in [1.807, 2.05) is 6.07 Å². The Labute approximate surface area is 136 Å². The Morgan fingerprint density at radius 3 is 2.96 bits per heavy atom. The second-order valence-electron chi connectivity index (χ2n) is 6.66. The van der Waals surface area contributed by atoms with Crippen LogP contribution in [0.4, 0.5) is 0 Å². The van der Waals surface area contributed by atoms with E-state index >= 15 is 0 Å². The number of ether oxygens (including phenoxy) is 2. The summed E-state index contributed by atoms with van der Waals surface area (Å²) in [4.78, 5) is 2.40. The Balaban J connectivity index is 1.49. The summed E-state index contributed by atoms with van der Waals surface area (Å²) in [5.74, 6) is 0.459. The summed E-state index contributed by atoms with van der Waals surface area (Å²) in [6.45, 7) is 3.45. The quantitative estimate of drug-likeness (QED) is 0.940. The van der Waals surface area contributed by atoms with Gasteiger partial charge >= 0.3 is 0 Å². The van der Waals surface area contributed by atoms with Crippen LogP contribution in [0.25, 0.3) is 0 Å². The first-order chi connectivity index (χ1) is 11.3. The van der Waals surface area contributed by atoms with E-state index in [4.69, 9.17) is 9.47 Å². The number of aromatic amines is 1. The number of aromatic nitrogens is 2. The molecule has 5 nitrogen and oxygen atoms in total. The van der Waals surface area contributed by atoms with E-state index in [0.717, 1.165) is 38.4 Å². The molecule has 5 heteroatoms. The lowest BCUT2D eigenvalue weighted by atomic mass is 9.87. The summed E-state index contributed by atoms with van der Waals surface area (Å²) in [5, 5.41) is 7.07. The highest BCUT2D eigenvalue weighted by Crippen LogP contribution is 2.43. The molecule has 0 aliphatic carbocycles. The van der Waals surface area contributed by atoms with E-state index in [-0.39, 0.29) is 11.7 Å². The first kappa shape index (κ1) is 14.9. The monoisotopic (exact) mass is 313 g/mol. The van der Waals surface area contributed by atoms with Gasteiger partial charge < -0.3 is 9.47 Å². The predicted molar refractivity (Wildman–Crippen MR) is 87.1 cm³/mol. The SMILES string of the molecule is CO[C@@H]1CN(Cc2ccn[nH]2)C[C@]12C[C@H](c1ccccc1)CO2. The van der Waals surface area contributed by atoms with Gasteiger partial charge in [-0.2, -0.15) is 5.10 Å². The van der Waals surface area contributed by atoms with Crippen LogP contribution in [0, 0.1) is 0 Å². The minimum absolute atomic E-state index is 0.124. The highest BCUT2D eigenvalue weighted by Gasteiger charge is 2.52. The molecule has 23 heavy (non-hydrogen) atoms. The second-order valence-corrected chi connectivity index (χ2v) is 6.66. The number of H-pyrrole nitrogens is 1. The van der Waals surface area contributed by atoms with Crippen molar-refractivity contribution in [3.05, 3.63) is 53.9 Å². The molecule has 4 rings (SSSR count). The van der Waals surface area contributed by atoms with E-state index in [9.17, 15) is 0 Å². The van der Waals surface area contributed by atoms with Crippen LogP contribution in [0.3, 0.4) is 0 Å². The van der Waals surface area contributed by atoms with Crippen LogP contribution in [0.1, 0.15) is 23.6 Å². The molecule has 3 atom stereocenters. The van der Waals surface area contributed by atoms with E-state index < -0.39 is 0 Å². The fourth-order valence-electron chi connectivity index (χ4n) is 4.04. The van der Waals surface area contributed by atoms with Gasteiger partial charge in [-0.3, -0.25) is 10.00 Å². The lowest BCUT2D eigenvalue weighted by Crippen LogP contribution is -2.42. The summed E-state index contributed by atoms with van der Waals surface area (Å²) in [6, 6.07) is 12.7. The molecule has 0 bridgehead atoms. The maximum absolute atomic E-state index is 6.33. The maximum atomic E-state index is 6.33. The van der Waals surface area contributed by atoms with E-state index in [1.54, 1.807) is 13.3 Å². The van der Waals surface area contributed by atoms with Gasteiger partial charge in [0.05, 0.1) is 12.7 Å². The molecule has 0 amide bonds. The number of hydrogen-bond donors (Lipinski definition) is 1. The van der Waals surface area contributed by atoms with Gasteiger partial charge in [0, 0.05) is 44.6 Å². The molecule has 1 aromatic carbocycles. The molecule has 0 saturated carbocycles. The van der Waals surface area contributed by atoms with E-state index in [0.29, 0.717) is 5.92 Å². The molecular formula is C18H23N3O2. The summed E-state index contributed by atoms with van der Waals surface area (Å²) in [6.07, 6.45) is 2.95. The normalized spacial score (nSPS) is 31.2. The molecule has 1 spiro atoms. The zero-order valence-corrected chi connectivity index (χ0v) is 13.4.